The number of benzene rings is 1. The molecule has 8 heteroatoms. The molecular weight excluding hydrogens is 386 g/mol. The number of guanidine groups is 1. The van der Waals surface area contributed by atoms with Gasteiger partial charge in [-0.05, 0) is 32.1 Å². The molecule has 0 spiro atoms. The molecule has 1 saturated heterocycles. The lowest BCUT2D eigenvalue weighted by atomic mass is 10.0. The summed E-state index contributed by atoms with van der Waals surface area (Å²) in [4.78, 5) is 4.69. The highest BCUT2D eigenvalue weighted by atomic mass is 16.5. The maximum atomic E-state index is 5.83. The van der Waals surface area contributed by atoms with Crippen LogP contribution < -0.4 is 24.8 Å². The van der Waals surface area contributed by atoms with Crippen molar-refractivity contribution in [3.8, 4) is 17.2 Å². The first kappa shape index (κ1) is 24.1. The molecule has 1 heterocycles. The third-order valence-corrected chi connectivity index (χ3v) is 5.01. The maximum absolute atomic E-state index is 5.83. The van der Waals surface area contributed by atoms with E-state index in [-0.39, 0.29) is 0 Å². The molecule has 0 aliphatic carbocycles. The third-order valence-electron chi connectivity index (χ3n) is 5.01. The summed E-state index contributed by atoms with van der Waals surface area (Å²) in [5, 5.41) is 6.63. The van der Waals surface area contributed by atoms with Crippen LogP contribution in [0.2, 0.25) is 0 Å². The lowest BCUT2D eigenvalue weighted by molar-refractivity contribution is 0.0203. The molecule has 170 valence electrons. The monoisotopic (exact) mass is 423 g/mol. The van der Waals surface area contributed by atoms with Crippen LogP contribution in [0.4, 0.5) is 0 Å². The van der Waals surface area contributed by atoms with E-state index in [1.807, 2.05) is 19.1 Å². The SMILES string of the molecule is CCNC(=NCc1c(OC)cc(OC)cc1OC)NCCCOCC1CCOCC1. The van der Waals surface area contributed by atoms with Crippen molar-refractivity contribution in [1.29, 1.82) is 0 Å². The van der Waals surface area contributed by atoms with Crippen LogP contribution in [0.15, 0.2) is 17.1 Å². The van der Waals surface area contributed by atoms with Crippen molar-refractivity contribution in [3.05, 3.63) is 17.7 Å². The Kier molecular flexibility index (Phi) is 11.2. The van der Waals surface area contributed by atoms with Crippen LogP contribution in [0.25, 0.3) is 0 Å². The lowest BCUT2D eigenvalue weighted by Gasteiger charge is -2.21. The number of hydrogen-bond acceptors (Lipinski definition) is 6. The van der Waals surface area contributed by atoms with Gasteiger partial charge in [-0.1, -0.05) is 0 Å². The van der Waals surface area contributed by atoms with Gasteiger partial charge in [-0.2, -0.15) is 0 Å². The Bertz CT molecular complexity index is 623. The Balaban J connectivity index is 1.83. The first-order valence-corrected chi connectivity index (χ1v) is 10.7. The average Bonchev–Trinajstić information content (AvgIpc) is 2.79. The van der Waals surface area contributed by atoms with Gasteiger partial charge in [0.2, 0.25) is 0 Å². The van der Waals surface area contributed by atoms with E-state index in [9.17, 15) is 0 Å². The molecule has 0 amide bonds. The molecule has 2 rings (SSSR count). The zero-order valence-corrected chi connectivity index (χ0v) is 18.8. The summed E-state index contributed by atoms with van der Waals surface area (Å²) in [6.07, 6.45) is 3.13. The molecule has 30 heavy (non-hydrogen) atoms. The minimum Gasteiger partial charge on any atom is -0.496 e. The number of methoxy groups -OCH3 is 3. The van der Waals surface area contributed by atoms with Gasteiger partial charge in [0.1, 0.15) is 17.2 Å². The van der Waals surface area contributed by atoms with Crippen molar-refractivity contribution in [2.24, 2.45) is 10.9 Å². The molecule has 1 aliphatic rings. The second kappa shape index (κ2) is 13.9. The van der Waals surface area contributed by atoms with Gasteiger partial charge in [-0.15, -0.1) is 0 Å². The van der Waals surface area contributed by atoms with Crippen LogP contribution in [-0.2, 0) is 16.0 Å². The lowest BCUT2D eigenvalue weighted by Crippen LogP contribution is -2.38. The zero-order chi connectivity index (χ0) is 21.6. The summed E-state index contributed by atoms with van der Waals surface area (Å²) in [6.45, 7) is 7.33. The molecule has 0 bridgehead atoms. The molecule has 1 aromatic rings. The fourth-order valence-corrected chi connectivity index (χ4v) is 3.28. The fourth-order valence-electron chi connectivity index (χ4n) is 3.28. The van der Waals surface area contributed by atoms with E-state index < -0.39 is 0 Å². The number of nitrogens with one attached hydrogen (secondary N) is 2. The van der Waals surface area contributed by atoms with E-state index in [2.05, 4.69) is 15.6 Å². The van der Waals surface area contributed by atoms with Gasteiger partial charge in [-0.3, -0.25) is 0 Å². The minimum absolute atomic E-state index is 0.423. The maximum Gasteiger partial charge on any atom is 0.191 e. The molecule has 1 aromatic carbocycles. The van der Waals surface area contributed by atoms with E-state index >= 15 is 0 Å². The molecule has 1 fully saturated rings. The van der Waals surface area contributed by atoms with Crippen LogP contribution >= 0.6 is 0 Å². The largest absolute Gasteiger partial charge is 0.496 e. The molecule has 0 radical (unpaired) electrons. The van der Waals surface area contributed by atoms with Gasteiger partial charge in [-0.25, -0.2) is 4.99 Å². The molecule has 0 atom stereocenters. The normalized spacial score (nSPS) is 15.0. The number of nitrogens with zero attached hydrogens (tertiary/aromatic N) is 1. The van der Waals surface area contributed by atoms with Gasteiger partial charge >= 0.3 is 0 Å². The molecule has 0 saturated carbocycles. The van der Waals surface area contributed by atoms with Crippen molar-refractivity contribution in [3.63, 3.8) is 0 Å². The van der Waals surface area contributed by atoms with Crippen LogP contribution in [0.1, 0.15) is 31.7 Å². The van der Waals surface area contributed by atoms with E-state index in [0.717, 1.165) is 70.3 Å². The van der Waals surface area contributed by atoms with Gasteiger partial charge in [0, 0.05) is 51.6 Å². The Labute approximate surface area is 180 Å². The Morgan fingerprint density at radius 1 is 1.07 bits per heavy atom. The second-order valence-electron chi connectivity index (χ2n) is 7.12. The predicted octanol–water partition coefficient (Wildman–Crippen LogP) is 2.60. The van der Waals surface area contributed by atoms with E-state index in [1.54, 1.807) is 21.3 Å². The number of ether oxygens (including phenoxy) is 5. The Hall–Kier alpha value is -2.19. The quantitative estimate of drug-likeness (QED) is 0.304. The van der Waals surface area contributed by atoms with E-state index in [1.165, 1.54) is 0 Å². The molecule has 1 aliphatic heterocycles. The van der Waals surface area contributed by atoms with Crippen LogP contribution in [0, 0.1) is 5.92 Å². The number of hydrogen-bond donors (Lipinski definition) is 2. The van der Waals surface area contributed by atoms with Crippen molar-refractivity contribution in [2.75, 3.05) is 60.8 Å². The summed E-state index contributed by atoms with van der Waals surface area (Å²) >= 11 is 0. The summed E-state index contributed by atoms with van der Waals surface area (Å²) in [5.74, 6) is 3.45. The fraction of sp³-hybridized carbons (Fsp3) is 0.682. The van der Waals surface area contributed by atoms with Crippen molar-refractivity contribution >= 4 is 5.96 Å². The van der Waals surface area contributed by atoms with Gasteiger partial charge in [0.25, 0.3) is 0 Å². The highest BCUT2D eigenvalue weighted by Crippen LogP contribution is 2.34. The number of rotatable bonds is 12. The summed E-state index contributed by atoms with van der Waals surface area (Å²) in [6, 6.07) is 3.67. The summed E-state index contributed by atoms with van der Waals surface area (Å²) in [5.41, 5.74) is 0.873. The highest BCUT2D eigenvalue weighted by Gasteiger charge is 2.14. The highest BCUT2D eigenvalue weighted by molar-refractivity contribution is 5.79. The van der Waals surface area contributed by atoms with Crippen molar-refractivity contribution < 1.29 is 23.7 Å². The second-order valence-corrected chi connectivity index (χ2v) is 7.12. The molecule has 0 unspecified atom stereocenters. The molecule has 8 nitrogen and oxygen atoms in total. The van der Waals surface area contributed by atoms with Crippen molar-refractivity contribution in [1.82, 2.24) is 10.6 Å². The first-order chi connectivity index (χ1) is 14.7. The average molecular weight is 424 g/mol. The molecule has 2 N–H and O–H groups in total. The topological polar surface area (TPSA) is 82.6 Å². The number of aliphatic imine (C=N–C) groups is 1. The van der Waals surface area contributed by atoms with Crippen LogP contribution in [0.3, 0.4) is 0 Å². The standard InChI is InChI=1S/C22H37N3O5/c1-5-23-22(24-9-6-10-30-16-17-7-11-29-12-8-17)25-15-19-20(27-3)13-18(26-2)14-21(19)28-4/h13-14,17H,5-12,15-16H2,1-4H3,(H2,23,24,25). The third kappa shape index (κ3) is 7.91. The van der Waals surface area contributed by atoms with Crippen LogP contribution in [0.5, 0.6) is 17.2 Å². The van der Waals surface area contributed by atoms with Gasteiger partial charge in [0.05, 0.1) is 33.4 Å². The van der Waals surface area contributed by atoms with E-state index in [0.29, 0.717) is 29.7 Å². The minimum atomic E-state index is 0.423. The zero-order valence-electron chi connectivity index (χ0n) is 18.8. The van der Waals surface area contributed by atoms with Gasteiger partial charge in [0.15, 0.2) is 5.96 Å². The Morgan fingerprint density at radius 2 is 1.77 bits per heavy atom. The van der Waals surface area contributed by atoms with Crippen molar-refractivity contribution in [2.45, 2.75) is 32.7 Å². The Morgan fingerprint density at radius 3 is 2.37 bits per heavy atom. The van der Waals surface area contributed by atoms with Gasteiger partial charge < -0.3 is 34.3 Å². The summed E-state index contributed by atoms with van der Waals surface area (Å²) < 4.78 is 27.5. The first-order valence-electron chi connectivity index (χ1n) is 10.7. The van der Waals surface area contributed by atoms with E-state index in [4.69, 9.17) is 23.7 Å². The molecular formula is C22H37N3O5. The molecule has 0 aromatic heterocycles. The smallest absolute Gasteiger partial charge is 0.191 e. The van der Waals surface area contributed by atoms with Crippen LogP contribution in [-0.4, -0.2) is 66.8 Å². The predicted molar refractivity (Wildman–Crippen MR) is 118 cm³/mol. The summed E-state index contributed by atoms with van der Waals surface area (Å²) in [7, 11) is 4.88.